The molecule has 6 nitrogen and oxygen atoms in total. The van der Waals surface area contributed by atoms with Crippen molar-refractivity contribution in [1.82, 2.24) is 5.32 Å². The van der Waals surface area contributed by atoms with Crippen molar-refractivity contribution in [3.05, 3.63) is 72.3 Å². The van der Waals surface area contributed by atoms with Gasteiger partial charge < -0.3 is 19.2 Å². The fourth-order valence-electron chi connectivity index (χ4n) is 5.01. The number of ether oxygens (including phenoxy) is 2. The molecule has 0 aliphatic rings. The molecule has 0 aliphatic heterocycles. The number of benzene rings is 2. The van der Waals surface area contributed by atoms with Gasteiger partial charge in [-0.3, -0.25) is 9.59 Å². The summed E-state index contributed by atoms with van der Waals surface area (Å²) in [5, 5.41) is 5.67. The van der Waals surface area contributed by atoms with E-state index >= 15 is 0 Å². The van der Waals surface area contributed by atoms with Crippen LogP contribution >= 0.6 is 0 Å². The number of esters is 2. The van der Waals surface area contributed by atoms with E-state index < -0.39 is 20.0 Å². The Morgan fingerprint density at radius 1 is 0.927 bits per heavy atom. The lowest BCUT2D eigenvalue weighted by Crippen LogP contribution is -2.66. The first-order valence-electron chi connectivity index (χ1n) is 14.7. The molecule has 2 rings (SSSR count). The van der Waals surface area contributed by atoms with Crippen LogP contribution in [0.1, 0.15) is 74.7 Å². The van der Waals surface area contributed by atoms with Gasteiger partial charge in [-0.25, -0.2) is 0 Å². The quantitative estimate of drug-likeness (QED) is 0.173. The molecule has 2 atom stereocenters. The van der Waals surface area contributed by atoms with Crippen LogP contribution in [0.2, 0.25) is 5.04 Å². The van der Waals surface area contributed by atoms with E-state index in [1.54, 1.807) is 0 Å². The zero-order valence-electron chi connectivity index (χ0n) is 26.6. The third-order valence-corrected chi connectivity index (χ3v) is 12.3. The van der Waals surface area contributed by atoms with Crippen molar-refractivity contribution < 1.29 is 23.5 Å². The molecule has 0 fully saturated rings. The van der Waals surface area contributed by atoms with Crippen molar-refractivity contribution in [2.75, 3.05) is 20.3 Å². The van der Waals surface area contributed by atoms with E-state index in [2.05, 4.69) is 88.5 Å². The molecule has 41 heavy (non-hydrogen) atoms. The number of hydrogen-bond donors (Lipinski definition) is 1. The molecule has 0 saturated carbocycles. The van der Waals surface area contributed by atoms with Crippen LogP contribution in [0.25, 0.3) is 0 Å². The Balaban J connectivity index is 2.37. The van der Waals surface area contributed by atoms with Crippen LogP contribution in [0.4, 0.5) is 0 Å². The summed E-state index contributed by atoms with van der Waals surface area (Å²) in [6.07, 6.45) is 3.54. The highest BCUT2D eigenvalue weighted by atomic mass is 28.4. The van der Waals surface area contributed by atoms with Crippen molar-refractivity contribution in [1.29, 1.82) is 0 Å². The highest BCUT2D eigenvalue weighted by molar-refractivity contribution is 6.99. The van der Waals surface area contributed by atoms with Gasteiger partial charge in [-0.2, -0.15) is 0 Å². The number of carbonyl (C=O) groups excluding carboxylic acids is 2. The summed E-state index contributed by atoms with van der Waals surface area (Å²) in [7, 11) is -1.36. The van der Waals surface area contributed by atoms with Gasteiger partial charge >= 0.3 is 11.9 Å². The fraction of sp³-hybridized carbons (Fsp3) is 0.529. The molecule has 0 aliphatic carbocycles. The molecule has 0 bridgehead atoms. The van der Waals surface area contributed by atoms with Crippen LogP contribution in [0.5, 0.6) is 0 Å². The Morgan fingerprint density at radius 3 is 1.90 bits per heavy atom. The minimum Gasteiger partial charge on any atom is -0.469 e. The lowest BCUT2D eigenvalue weighted by Gasteiger charge is -2.43. The van der Waals surface area contributed by atoms with Gasteiger partial charge in [0.2, 0.25) is 0 Å². The molecule has 7 heteroatoms. The number of methoxy groups -OCH3 is 1. The standard InChI is InChI=1S/C34H51NO5Si/c1-10-26(2)31(32(37)40-33(3,4)5)35-24-23-27(21-22-30(36)38-9)25-39-41(34(6,7)8,28-17-13-11-14-18-28)29-19-15-12-16-20-29/h11-21,26,31,35H,10,22-25H2,1-9H3/b27-21+/t26-,31-/m0/s1. The van der Waals surface area contributed by atoms with Gasteiger partial charge in [-0.05, 0) is 60.6 Å². The minimum absolute atomic E-state index is 0.112. The molecule has 2 aromatic rings. The first-order chi connectivity index (χ1) is 19.2. The van der Waals surface area contributed by atoms with Gasteiger partial charge in [0.05, 0.1) is 20.1 Å². The molecule has 0 aromatic heterocycles. The summed E-state index contributed by atoms with van der Waals surface area (Å²) >= 11 is 0. The summed E-state index contributed by atoms with van der Waals surface area (Å²) in [4.78, 5) is 25.1. The number of rotatable bonds is 14. The van der Waals surface area contributed by atoms with E-state index in [9.17, 15) is 9.59 Å². The maximum Gasteiger partial charge on any atom is 0.323 e. The number of nitrogens with one attached hydrogen (secondary N) is 1. The largest absolute Gasteiger partial charge is 0.469 e. The van der Waals surface area contributed by atoms with Crippen LogP contribution in [0, 0.1) is 5.92 Å². The van der Waals surface area contributed by atoms with Crippen molar-refractivity contribution >= 4 is 30.6 Å². The summed E-state index contributed by atoms with van der Waals surface area (Å²) in [5.41, 5.74) is 0.433. The molecule has 0 amide bonds. The second-order valence-corrected chi connectivity index (χ2v) is 17.0. The Hall–Kier alpha value is -2.74. The second-order valence-electron chi connectivity index (χ2n) is 12.7. The van der Waals surface area contributed by atoms with E-state index in [1.165, 1.54) is 17.5 Å². The molecule has 0 spiro atoms. The van der Waals surface area contributed by atoms with Gasteiger partial charge in [0.25, 0.3) is 8.32 Å². The van der Waals surface area contributed by atoms with Crippen LogP contribution < -0.4 is 15.7 Å². The van der Waals surface area contributed by atoms with Crippen LogP contribution in [-0.4, -0.2) is 52.2 Å². The predicted molar refractivity (Wildman–Crippen MR) is 170 cm³/mol. The average molecular weight is 582 g/mol. The second kappa shape index (κ2) is 15.5. The zero-order valence-corrected chi connectivity index (χ0v) is 27.6. The molecule has 0 saturated heterocycles. The third-order valence-electron chi connectivity index (χ3n) is 7.36. The highest BCUT2D eigenvalue weighted by Crippen LogP contribution is 2.37. The van der Waals surface area contributed by atoms with Gasteiger partial charge in [0.1, 0.15) is 11.6 Å². The third kappa shape index (κ3) is 9.94. The number of carbonyl (C=O) groups is 2. The SMILES string of the molecule is CC[C@H](C)[C@H](NCC/C(=C\CC(=O)OC)CO[Si](c1ccccc1)(c1ccccc1)C(C)(C)C)C(=O)OC(C)(C)C. The average Bonchev–Trinajstić information content (AvgIpc) is 2.92. The molecule has 0 unspecified atom stereocenters. The molecule has 226 valence electrons. The highest BCUT2D eigenvalue weighted by Gasteiger charge is 2.50. The van der Waals surface area contributed by atoms with E-state index in [0.717, 1.165) is 12.0 Å². The molecule has 0 heterocycles. The summed E-state index contributed by atoms with van der Waals surface area (Å²) in [6, 6.07) is 20.6. The maximum atomic E-state index is 13.0. The number of hydrogen-bond acceptors (Lipinski definition) is 6. The topological polar surface area (TPSA) is 73.9 Å². The fourth-order valence-corrected chi connectivity index (χ4v) is 9.57. The summed E-state index contributed by atoms with van der Waals surface area (Å²) in [6.45, 7) is 17.4. The van der Waals surface area contributed by atoms with Gasteiger partial charge in [0.15, 0.2) is 0 Å². The Kier molecular flexibility index (Phi) is 13.0. The summed E-state index contributed by atoms with van der Waals surface area (Å²) < 4.78 is 17.8. The van der Waals surface area contributed by atoms with Crippen molar-refractivity contribution in [2.24, 2.45) is 5.92 Å². The first kappa shape index (κ1) is 34.5. The van der Waals surface area contributed by atoms with E-state index in [4.69, 9.17) is 13.9 Å². The van der Waals surface area contributed by atoms with Gasteiger partial charge in [-0.1, -0.05) is 108 Å². The van der Waals surface area contributed by atoms with E-state index in [0.29, 0.717) is 19.6 Å². The van der Waals surface area contributed by atoms with Crippen molar-refractivity contribution in [2.45, 2.75) is 91.3 Å². The first-order valence-corrected chi connectivity index (χ1v) is 16.6. The smallest absolute Gasteiger partial charge is 0.323 e. The molecule has 2 aromatic carbocycles. The Labute approximate surface area is 249 Å². The molecular formula is C34H51NO5Si. The lowest BCUT2D eigenvalue weighted by molar-refractivity contribution is -0.159. The molecule has 0 radical (unpaired) electrons. The maximum absolute atomic E-state index is 13.0. The molecular weight excluding hydrogens is 530 g/mol. The van der Waals surface area contributed by atoms with Gasteiger partial charge in [0, 0.05) is 0 Å². The van der Waals surface area contributed by atoms with Crippen LogP contribution in [0.3, 0.4) is 0 Å². The monoisotopic (exact) mass is 581 g/mol. The van der Waals surface area contributed by atoms with Gasteiger partial charge in [-0.15, -0.1) is 0 Å². The van der Waals surface area contributed by atoms with E-state index in [1.807, 2.05) is 39.0 Å². The van der Waals surface area contributed by atoms with E-state index in [-0.39, 0.29) is 29.3 Å². The molecule has 1 N–H and O–H groups in total. The summed E-state index contributed by atoms with van der Waals surface area (Å²) in [5.74, 6) is -0.427. The normalized spacial score (nSPS) is 14.3. The lowest BCUT2D eigenvalue weighted by atomic mass is 9.98. The van der Waals surface area contributed by atoms with Crippen LogP contribution in [-0.2, 0) is 23.5 Å². The Morgan fingerprint density at radius 2 is 1.46 bits per heavy atom. The van der Waals surface area contributed by atoms with Crippen LogP contribution in [0.15, 0.2) is 72.3 Å². The Bertz CT molecular complexity index is 1080. The zero-order chi connectivity index (χ0) is 30.7. The predicted octanol–water partition coefficient (Wildman–Crippen LogP) is 5.79. The van der Waals surface area contributed by atoms with Crippen molar-refractivity contribution in [3.8, 4) is 0 Å². The van der Waals surface area contributed by atoms with Crippen molar-refractivity contribution in [3.63, 3.8) is 0 Å². The minimum atomic E-state index is -2.76.